The Morgan fingerprint density at radius 1 is 1.07 bits per heavy atom. The van der Waals surface area contributed by atoms with Gasteiger partial charge in [-0.05, 0) is 42.7 Å². The van der Waals surface area contributed by atoms with Crippen LogP contribution in [0.4, 0.5) is 0 Å². The van der Waals surface area contributed by atoms with Crippen molar-refractivity contribution in [3.05, 3.63) is 71.9 Å². The molecule has 3 aromatic rings. The zero-order valence-electron chi connectivity index (χ0n) is 16.3. The van der Waals surface area contributed by atoms with Crippen molar-refractivity contribution < 1.29 is 4.74 Å². The Morgan fingerprint density at radius 3 is 2.74 bits per heavy atom. The normalized spacial score (nSPS) is 11.1. The lowest BCUT2D eigenvalue weighted by atomic mass is 10.1. The van der Waals surface area contributed by atoms with Crippen molar-refractivity contribution in [1.29, 1.82) is 0 Å². The second kappa shape index (κ2) is 9.60. The quantitative estimate of drug-likeness (QED) is 0.371. The first kappa shape index (κ1) is 19.5. The highest BCUT2D eigenvalue weighted by molar-refractivity contribution is 7.99. The van der Waals surface area contributed by atoms with Crippen molar-refractivity contribution in [3.63, 3.8) is 0 Å². The summed E-state index contributed by atoms with van der Waals surface area (Å²) in [5.41, 5.74) is 2.48. The maximum Gasteiger partial charge on any atom is 0.122 e. The summed E-state index contributed by atoms with van der Waals surface area (Å²) in [6.45, 7) is 8.03. The van der Waals surface area contributed by atoms with Gasteiger partial charge in [-0.25, -0.2) is 9.97 Å². The lowest BCUT2D eigenvalue weighted by Crippen LogP contribution is -2.08. The molecule has 5 heteroatoms. The smallest absolute Gasteiger partial charge is 0.122 e. The lowest BCUT2D eigenvalue weighted by molar-refractivity contribution is 0.316. The summed E-state index contributed by atoms with van der Waals surface area (Å²) in [6, 6.07) is 12.3. The average molecular weight is 382 g/mol. The van der Waals surface area contributed by atoms with Gasteiger partial charge in [0.1, 0.15) is 11.6 Å². The molecule has 1 aromatic carbocycles. The van der Waals surface area contributed by atoms with E-state index in [4.69, 9.17) is 4.74 Å². The molecule has 0 aliphatic heterocycles. The van der Waals surface area contributed by atoms with E-state index in [0.29, 0.717) is 12.5 Å². The van der Waals surface area contributed by atoms with Crippen molar-refractivity contribution >= 4 is 11.8 Å². The van der Waals surface area contributed by atoms with Gasteiger partial charge in [0.2, 0.25) is 0 Å². The van der Waals surface area contributed by atoms with E-state index in [1.807, 2.05) is 30.6 Å². The number of nitrogens with zero attached hydrogens (tertiary/aromatic N) is 3. The molecule has 0 bridgehead atoms. The second-order valence-corrected chi connectivity index (χ2v) is 7.94. The molecule has 0 saturated heterocycles. The van der Waals surface area contributed by atoms with Gasteiger partial charge < -0.3 is 9.30 Å². The van der Waals surface area contributed by atoms with Gasteiger partial charge in [-0.3, -0.25) is 0 Å². The summed E-state index contributed by atoms with van der Waals surface area (Å²) in [7, 11) is 0. The SMILES string of the molecule is Cc1c(Cn2ccnc2C(C)C)cccc1OCCCSc1ccccn1. The standard InChI is InChI=1S/C22H27N3OS/c1-17(2)22-24-12-13-25(22)16-19-8-6-9-20(18(19)3)26-14-7-15-27-21-10-4-5-11-23-21/h4-6,8-13,17H,7,14-16H2,1-3H3. The fourth-order valence-corrected chi connectivity index (χ4v) is 3.76. The van der Waals surface area contributed by atoms with Crippen LogP contribution in [0.3, 0.4) is 0 Å². The van der Waals surface area contributed by atoms with Crippen LogP contribution in [-0.4, -0.2) is 26.9 Å². The van der Waals surface area contributed by atoms with Crippen LogP contribution < -0.4 is 4.74 Å². The summed E-state index contributed by atoms with van der Waals surface area (Å²) >= 11 is 1.77. The molecular formula is C22H27N3OS. The van der Waals surface area contributed by atoms with Crippen LogP contribution >= 0.6 is 11.8 Å². The van der Waals surface area contributed by atoms with Gasteiger partial charge in [-0.2, -0.15) is 0 Å². The first-order chi connectivity index (χ1) is 13.1. The third-order valence-electron chi connectivity index (χ3n) is 4.43. The fraction of sp³-hybridized carbons (Fsp3) is 0.364. The summed E-state index contributed by atoms with van der Waals surface area (Å²) in [5.74, 6) is 3.51. The molecule has 0 fully saturated rings. The van der Waals surface area contributed by atoms with Crippen LogP contribution in [0.25, 0.3) is 0 Å². The number of ether oxygens (including phenoxy) is 1. The zero-order chi connectivity index (χ0) is 19.1. The molecule has 0 radical (unpaired) electrons. The molecule has 0 aliphatic carbocycles. The number of rotatable bonds is 9. The summed E-state index contributed by atoms with van der Waals surface area (Å²) in [5, 5.41) is 1.07. The molecule has 0 aliphatic rings. The van der Waals surface area contributed by atoms with Crippen molar-refractivity contribution in [2.24, 2.45) is 0 Å². The van der Waals surface area contributed by atoms with E-state index in [1.54, 1.807) is 11.8 Å². The Hall–Kier alpha value is -2.27. The molecule has 2 aromatic heterocycles. The summed E-state index contributed by atoms with van der Waals surface area (Å²) < 4.78 is 8.28. The van der Waals surface area contributed by atoms with Crippen molar-refractivity contribution in [2.75, 3.05) is 12.4 Å². The molecule has 2 heterocycles. The van der Waals surface area contributed by atoms with Crippen LogP contribution in [0.5, 0.6) is 5.75 Å². The van der Waals surface area contributed by atoms with Crippen LogP contribution in [0, 0.1) is 6.92 Å². The van der Waals surface area contributed by atoms with E-state index in [-0.39, 0.29) is 0 Å². The summed E-state index contributed by atoms with van der Waals surface area (Å²) in [4.78, 5) is 8.81. The van der Waals surface area contributed by atoms with Crippen molar-refractivity contribution in [2.45, 2.75) is 44.7 Å². The van der Waals surface area contributed by atoms with E-state index in [0.717, 1.165) is 35.3 Å². The topological polar surface area (TPSA) is 39.9 Å². The molecule has 0 N–H and O–H groups in total. The van der Waals surface area contributed by atoms with Gasteiger partial charge in [-0.15, -0.1) is 11.8 Å². The predicted octanol–water partition coefficient (Wildman–Crippen LogP) is 5.32. The number of aromatic nitrogens is 3. The summed E-state index contributed by atoms with van der Waals surface area (Å²) in [6.07, 6.45) is 6.75. The molecule has 3 rings (SSSR count). The molecule has 0 saturated carbocycles. The molecule has 0 amide bonds. The number of hydrogen-bond donors (Lipinski definition) is 0. The highest BCUT2D eigenvalue weighted by Gasteiger charge is 2.10. The van der Waals surface area contributed by atoms with E-state index in [1.165, 1.54) is 11.1 Å². The monoisotopic (exact) mass is 381 g/mol. The highest BCUT2D eigenvalue weighted by atomic mass is 32.2. The molecular weight excluding hydrogens is 354 g/mol. The van der Waals surface area contributed by atoms with Gasteiger partial charge >= 0.3 is 0 Å². The van der Waals surface area contributed by atoms with Gasteiger partial charge in [0.25, 0.3) is 0 Å². The number of pyridine rings is 1. The number of hydrogen-bond acceptors (Lipinski definition) is 4. The Kier molecular flexibility index (Phi) is 6.93. The number of thioether (sulfide) groups is 1. The minimum atomic E-state index is 0.413. The van der Waals surface area contributed by atoms with E-state index in [9.17, 15) is 0 Å². The molecule has 0 atom stereocenters. The minimum Gasteiger partial charge on any atom is -0.493 e. The average Bonchev–Trinajstić information content (AvgIpc) is 3.14. The third kappa shape index (κ3) is 5.36. The first-order valence-corrected chi connectivity index (χ1v) is 10.4. The molecule has 0 spiro atoms. The van der Waals surface area contributed by atoms with Crippen molar-refractivity contribution in [3.8, 4) is 5.75 Å². The molecule has 0 unspecified atom stereocenters. The first-order valence-electron chi connectivity index (χ1n) is 9.41. The van der Waals surface area contributed by atoms with Crippen LogP contribution in [0.1, 0.15) is 43.1 Å². The lowest BCUT2D eigenvalue weighted by Gasteiger charge is -2.15. The second-order valence-electron chi connectivity index (χ2n) is 6.83. The van der Waals surface area contributed by atoms with Crippen LogP contribution in [-0.2, 0) is 6.54 Å². The van der Waals surface area contributed by atoms with Gasteiger partial charge in [-0.1, -0.05) is 32.0 Å². The number of benzene rings is 1. The molecule has 142 valence electrons. The largest absolute Gasteiger partial charge is 0.493 e. The minimum absolute atomic E-state index is 0.413. The molecule has 4 nitrogen and oxygen atoms in total. The Balaban J connectivity index is 1.54. The molecule has 27 heavy (non-hydrogen) atoms. The van der Waals surface area contributed by atoms with Crippen LogP contribution in [0.15, 0.2) is 60.0 Å². The Bertz CT molecular complexity index is 846. The van der Waals surface area contributed by atoms with Crippen molar-refractivity contribution in [1.82, 2.24) is 14.5 Å². The third-order valence-corrected chi connectivity index (χ3v) is 5.47. The van der Waals surface area contributed by atoms with E-state index >= 15 is 0 Å². The highest BCUT2D eigenvalue weighted by Crippen LogP contribution is 2.24. The zero-order valence-corrected chi connectivity index (χ0v) is 17.1. The van der Waals surface area contributed by atoms with Gasteiger partial charge in [0.05, 0.1) is 11.6 Å². The fourth-order valence-electron chi connectivity index (χ4n) is 2.98. The Labute approximate surface area is 166 Å². The van der Waals surface area contributed by atoms with Crippen LogP contribution in [0.2, 0.25) is 0 Å². The number of imidazole rings is 1. The van der Waals surface area contributed by atoms with E-state index in [2.05, 4.69) is 59.7 Å². The maximum atomic E-state index is 6.05. The van der Waals surface area contributed by atoms with Gasteiger partial charge in [0, 0.05) is 36.8 Å². The Morgan fingerprint density at radius 2 is 1.96 bits per heavy atom. The van der Waals surface area contributed by atoms with Gasteiger partial charge in [0.15, 0.2) is 0 Å². The predicted molar refractivity (Wildman–Crippen MR) is 112 cm³/mol. The maximum absolute atomic E-state index is 6.05. The van der Waals surface area contributed by atoms with E-state index < -0.39 is 0 Å².